The molecule has 0 bridgehead atoms. The molecule has 3 aromatic rings. The zero-order valence-electron chi connectivity index (χ0n) is 24.0. The molecule has 12 heteroatoms. The van der Waals surface area contributed by atoms with E-state index in [1.807, 2.05) is 6.92 Å². The Hall–Kier alpha value is -3.83. The van der Waals surface area contributed by atoms with Crippen molar-refractivity contribution in [2.45, 2.75) is 44.2 Å². The van der Waals surface area contributed by atoms with Gasteiger partial charge in [0.15, 0.2) is 11.5 Å². The number of benzene rings is 3. The van der Waals surface area contributed by atoms with Gasteiger partial charge in [-0.05, 0) is 66.9 Å². The summed E-state index contributed by atoms with van der Waals surface area (Å²) in [7, 11) is -1.52. The normalized spacial score (nSPS) is 11.9. The molecule has 3 aromatic carbocycles. The van der Waals surface area contributed by atoms with Crippen molar-refractivity contribution in [2.75, 3.05) is 31.6 Å². The largest absolute Gasteiger partial charge is 0.493 e. The highest BCUT2D eigenvalue weighted by molar-refractivity contribution is 7.92. The Morgan fingerprint density at radius 3 is 2.17 bits per heavy atom. The molecule has 1 N–H and O–H groups in total. The number of sulfonamides is 1. The van der Waals surface area contributed by atoms with E-state index in [4.69, 9.17) is 21.1 Å². The third-order valence-corrected chi connectivity index (χ3v) is 8.56. The molecule has 0 aliphatic rings. The maximum Gasteiger partial charge on any atom is 0.264 e. The molecule has 2 amide bonds. The van der Waals surface area contributed by atoms with E-state index >= 15 is 0 Å². The highest BCUT2D eigenvalue weighted by Crippen LogP contribution is 2.32. The van der Waals surface area contributed by atoms with E-state index in [1.165, 1.54) is 85.8 Å². The van der Waals surface area contributed by atoms with Crippen LogP contribution >= 0.6 is 11.6 Å². The van der Waals surface area contributed by atoms with E-state index in [0.29, 0.717) is 29.3 Å². The molecule has 0 heterocycles. The number of amides is 2. The van der Waals surface area contributed by atoms with E-state index in [1.54, 1.807) is 6.92 Å². The number of carbonyl (C=O) groups excluding carboxylic acids is 2. The van der Waals surface area contributed by atoms with Crippen LogP contribution in [0.15, 0.2) is 71.6 Å². The molecule has 0 spiro atoms. The topological polar surface area (TPSA) is 105 Å². The molecular formula is C30H35ClFN3O6S. The molecule has 0 aliphatic heterocycles. The first-order valence-electron chi connectivity index (χ1n) is 13.4. The fourth-order valence-electron chi connectivity index (χ4n) is 4.31. The molecule has 9 nitrogen and oxygen atoms in total. The Labute approximate surface area is 251 Å². The summed E-state index contributed by atoms with van der Waals surface area (Å²) < 4.78 is 53.2. The maximum absolute atomic E-state index is 14.1. The third kappa shape index (κ3) is 7.92. The van der Waals surface area contributed by atoms with Gasteiger partial charge in [0, 0.05) is 24.2 Å². The average Bonchev–Trinajstić information content (AvgIpc) is 2.99. The number of rotatable bonds is 14. The van der Waals surface area contributed by atoms with Crippen molar-refractivity contribution in [3.8, 4) is 11.5 Å². The monoisotopic (exact) mass is 619 g/mol. The zero-order valence-corrected chi connectivity index (χ0v) is 25.5. The van der Waals surface area contributed by atoms with Crippen LogP contribution in [0.3, 0.4) is 0 Å². The zero-order chi connectivity index (χ0) is 30.9. The number of nitrogens with one attached hydrogen (secondary N) is 1. The van der Waals surface area contributed by atoms with Gasteiger partial charge in [-0.1, -0.05) is 37.6 Å². The number of carbonyl (C=O) groups is 2. The average molecular weight is 620 g/mol. The summed E-state index contributed by atoms with van der Waals surface area (Å²) >= 11 is 6.07. The Morgan fingerprint density at radius 1 is 0.952 bits per heavy atom. The summed E-state index contributed by atoms with van der Waals surface area (Å²) in [6, 6.07) is 14.8. The van der Waals surface area contributed by atoms with E-state index in [2.05, 4.69) is 5.32 Å². The van der Waals surface area contributed by atoms with E-state index < -0.39 is 34.3 Å². The van der Waals surface area contributed by atoms with Crippen LogP contribution in [-0.4, -0.2) is 58.5 Å². The molecule has 0 saturated heterocycles. The van der Waals surface area contributed by atoms with Gasteiger partial charge in [-0.3, -0.25) is 13.9 Å². The van der Waals surface area contributed by atoms with Crippen LogP contribution in [0, 0.1) is 5.82 Å². The lowest BCUT2D eigenvalue weighted by molar-refractivity contribution is -0.140. The first-order valence-corrected chi connectivity index (χ1v) is 15.2. The Kier molecular flexibility index (Phi) is 11.6. The molecule has 0 radical (unpaired) electrons. The van der Waals surface area contributed by atoms with Crippen molar-refractivity contribution in [1.82, 2.24) is 10.2 Å². The third-order valence-electron chi connectivity index (χ3n) is 6.54. The maximum atomic E-state index is 14.1. The van der Waals surface area contributed by atoms with Crippen LogP contribution < -0.4 is 19.1 Å². The van der Waals surface area contributed by atoms with Crippen LogP contribution in [0.5, 0.6) is 11.5 Å². The summed E-state index contributed by atoms with van der Waals surface area (Å²) in [5.41, 5.74) is 0.764. The molecule has 0 saturated carbocycles. The smallest absolute Gasteiger partial charge is 0.264 e. The molecule has 1 unspecified atom stereocenters. The number of hydrogen-bond donors (Lipinski definition) is 1. The lowest BCUT2D eigenvalue weighted by Gasteiger charge is -2.33. The predicted octanol–water partition coefficient (Wildman–Crippen LogP) is 5.03. The van der Waals surface area contributed by atoms with Crippen molar-refractivity contribution in [3.05, 3.63) is 83.1 Å². The molecular weight excluding hydrogens is 585 g/mol. The number of ether oxygens (including phenoxy) is 2. The quantitative estimate of drug-likeness (QED) is 0.272. The van der Waals surface area contributed by atoms with Gasteiger partial charge in [-0.15, -0.1) is 0 Å². The summed E-state index contributed by atoms with van der Waals surface area (Å²) in [5, 5.41) is 3.20. The molecule has 0 aliphatic carbocycles. The van der Waals surface area contributed by atoms with Gasteiger partial charge in [0.1, 0.15) is 18.4 Å². The van der Waals surface area contributed by atoms with Crippen LogP contribution in [0.2, 0.25) is 5.02 Å². The fraction of sp³-hybridized carbons (Fsp3) is 0.333. The Balaban J connectivity index is 2.08. The van der Waals surface area contributed by atoms with Gasteiger partial charge in [-0.25, -0.2) is 12.8 Å². The summed E-state index contributed by atoms with van der Waals surface area (Å²) in [5.74, 6) is -0.913. The minimum Gasteiger partial charge on any atom is -0.493 e. The molecule has 226 valence electrons. The molecule has 0 aromatic heterocycles. The molecule has 3 rings (SSSR count). The molecule has 1 atom stereocenters. The van der Waals surface area contributed by atoms with Gasteiger partial charge >= 0.3 is 0 Å². The molecule has 0 fully saturated rings. The Bertz CT molecular complexity index is 1470. The highest BCUT2D eigenvalue weighted by atomic mass is 35.5. The number of anilines is 1. The summed E-state index contributed by atoms with van der Waals surface area (Å²) in [6.07, 6.45) is 0.966. The number of halogens is 2. The van der Waals surface area contributed by atoms with Gasteiger partial charge in [0.2, 0.25) is 11.8 Å². The van der Waals surface area contributed by atoms with Crippen LogP contribution in [0.4, 0.5) is 10.1 Å². The van der Waals surface area contributed by atoms with Crippen LogP contribution in [-0.2, 0) is 26.2 Å². The lowest BCUT2D eigenvalue weighted by Crippen LogP contribution is -2.52. The van der Waals surface area contributed by atoms with Crippen molar-refractivity contribution in [1.29, 1.82) is 0 Å². The van der Waals surface area contributed by atoms with E-state index in [0.717, 1.165) is 4.31 Å². The minimum absolute atomic E-state index is 0.0397. The lowest BCUT2D eigenvalue weighted by atomic mass is 10.1. The SMILES string of the molecule is CCCNC(=O)C(CC)N(Cc1ccc(F)cc1)C(=O)CN(c1ccc(Cl)cc1)S(=O)(=O)c1ccc(OC)c(OC)c1. The van der Waals surface area contributed by atoms with Crippen molar-refractivity contribution in [2.24, 2.45) is 0 Å². The summed E-state index contributed by atoms with van der Waals surface area (Å²) in [6.45, 7) is 3.42. The second kappa shape index (κ2) is 14.9. The first kappa shape index (κ1) is 32.7. The van der Waals surface area contributed by atoms with E-state index in [-0.39, 0.29) is 35.2 Å². The second-order valence-electron chi connectivity index (χ2n) is 9.37. The Morgan fingerprint density at radius 2 is 1.60 bits per heavy atom. The predicted molar refractivity (Wildman–Crippen MR) is 160 cm³/mol. The van der Waals surface area contributed by atoms with Gasteiger partial charge < -0.3 is 19.7 Å². The molecule has 42 heavy (non-hydrogen) atoms. The highest BCUT2D eigenvalue weighted by Gasteiger charge is 2.34. The van der Waals surface area contributed by atoms with Crippen molar-refractivity contribution >= 4 is 39.1 Å². The standard InChI is InChI=1S/C30H35ClFN3O6S/c1-5-17-33-30(37)26(6-2)34(19-21-7-11-23(32)12-8-21)29(36)20-35(24-13-9-22(31)10-14-24)42(38,39)25-15-16-27(40-3)28(18-25)41-4/h7-16,18,26H,5-6,17,19-20H2,1-4H3,(H,33,37). The minimum atomic E-state index is -4.34. The van der Waals surface area contributed by atoms with E-state index in [9.17, 15) is 22.4 Å². The number of methoxy groups -OCH3 is 2. The van der Waals surface area contributed by atoms with Gasteiger partial charge in [0.05, 0.1) is 24.8 Å². The van der Waals surface area contributed by atoms with Gasteiger partial charge in [0.25, 0.3) is 10.0 Å². The van der Waals surface area contributed by atoms with Crippen LogP contribution in [0.25, 0.3) is 0 Å². The van der Waals surface area contributed by atoms with Crippen LogP contribution in [0.1, 0.15) is 32.3 Å². The second-order valence-corrected chi connectivity index (χ2v) is 11.7. The van der Waals surface area contributed by atoms with Crippen molar-refractivity contribution in [3.63, 3.8) is 0 Å². The summed E-state index contributed by atoms with van der Waals surface area (Å²) in [4.78, 5) is 28.4. The first-order chi connectivity index (χ1) is 20.0. The number of nitrogens with zero attached hydrogens (tertiary/aromatic N) is 2. The van der Waals surface area contributed by atoms with Crippen molar-refractivity contribution < 1.29 is 31.9 Å². The fourth-order valence-corrected chi connectivity index (χ4v) is 5.87. The van der Waals surface area contributed by atoms with Gasteiger partial charge in [-0.2, -0.15) is 0 Å². The number of hydrogen-bond acceptors (Lipinski definition) is 6.